The molecule has 4 heteroatoms. The predicted octanol–water partition coefficient (Wildman–Crippen LogP) is 1.70. The molecule has 2 heterocycles. The molecule has 0 N–H and O–H groups in total. The van der Waals surface area contributed by atoms with Crippen LogP contribution < -0.4 is 4.90 Å². The van der Waals surface area contributed by atoms with Gasteiger partial charge in [0.1, 0.15) is 6.04 Å². The summed E-state index contributed by atoms with van der Waals surface area (Å²) in [6, 6.07) is 7.57. The van der Waals surface area contributed by atoms with E-state index in [2.05, 4.69) is 4.90 Å². The number of rotatable bonds is 1. The number of ketones is 1. The van der Waals surface area contributed by atoms with Crippen molar-refractivity contribution in [1.29, 1.82) is 0 Å². The number of anilines is 1. The summed E-state index contributed by atoms with van der Waals surface area (Å²) in [6.07, 6.45) is 2.24. The summed E-state index contributed by atoms with van der Waals surface area (Å²) in [5.41, 5.74) is 1.70. The fraction of sp³-hybridized carbons (Fsp3) is 0.467. The Bertz CT molecular complexity index is 527. The first-order valence-corrected chi connectivity index (χ1v) is 6.82. The fourth-order valence-electron chi connectivity index (χ4n) is 3.04. The van der Waals surface area contributed by atoms with Crippen LogP contribution in [0.4, 0.5) is 5.69 Å². The van der Waals surface area contributed by atoms with E-state index in [9.17, 15) is 9.59 Å². The van der Waals surface area contributed by atoms with Gasteiger partial charge in [0.25, 0.3) is 0 Å². The summed E-state index contributed by atoms with van der Waals surface area (Å²) in [5, 5.41) is 0. The fourth-order valence-corrected chi connectivity index (χ4v) is 3.04. The number of likely N-dealkylation sites (tertiary alicyclic amines) is 1. The first-order valence-electron chi connectivity index (χ1n) is 6.82. The number of carbonyl (C=O) groups excluding carboxylic acids is 2. The molecular formula is C15H18N2O2. The van der Waals surface area contributed by atoms with Crippen LogP contribution in [0.5, 0.6) is 0 Å². The zero-order valence-electron chi connectivity index (χ0n) is 11.1. The SMILES string of the molecule is CN1CCC(N2CCCC(=O)c3ccccc32)C1=O. The molecular weight excluding hydrogens is 240 g/mol. The van der Waals surface area contributed by atoms with Crippen LogP contribution >= 0.6 is 0 Å². The first kappa shape index (κ1) is 12.2. The summed E-state index contributed by atoms with van der Waals surface area (Å²) in [5.74, 6) is 0.362. The molecule has 0 radical (unpaired) electrons. The minimum Gasteiger partial charge on any atom is -0.359 e. The molecule has 0 spiro atoms. The second-order valence-corrected chi connectivity index (χ2v) is 5.30. The second kappa shape index (κ2) is 4.68. The standard InChI is InChI=1S/C15H18N2O2/c1-16-10-8-13(15(16)19)17-9-4-7-14(18)11-5-2-3-6-12(11)17/h2-3,5-6,13H,4,7-10H2,1H3. The molecule has 2 aliphatic heterocycles. The number of hydrogen-bond donors (Lipinski definition) is 0. The van der Waals surface area contributed by atoms with Crippen molar-refractivity contribution in [3.8, 4) is 0 Å². The van der Waals surface area contributed by atoms with Crippen molar-refractivity contribution in [2.45, 2.75) is 25.3 Å². The Balaban J connectivity index is 2.00. The highest BCUT2D eigenvalue weighted by atomic mass is 16.2. The van der Waals surface area contributed by atoms with Crippen LogP contribution in [0, 0.1) is 0 Å². The van der Waals surface area contributed by atoms with Gasteiger partial charge in [0.2, 0.25) is 5.91 Å². The lowest BCUT2D eigenvalue weighted by molar-refractivity contribution is -0.127. The predicted molar refractivity (Wildman–Crippen MR) is 73.4 cm³/mol. The van der Waals surface area contributed by atoms with Crippen molar-refractivity contribution in [3.63, 3.8) is 0 Å². The molecule has 2 aliphatic rings. The summed E-state index contributed by atoms with van der Waals surface area (Å²) in [4.78, 5) is 28.2. The Morgan fingerprint density at radius 3 is 2.68 bits per heavy atom. The molecule has 4 nitrogen and oxygen atoms in total. The highest BCUT2D eigenvalue weighted by Crippen LogP contribution is 2.30. The average Bonchev–Trinajstić information content (AvgIpc) is 2.66. The van der Waals surface area contributed by atoms with Crippen LogP contribution in [0.3, 0.4) is 0 Å². The number of nitrogens with zero attached hydrogens (tertiary/aromatic N) is 2. The van der Waals surface area contributed by atoms with Gasteiger partial charge in [-0.3, -0.25) is 9.59 Å². The van der Waals surface area contributed by atoms with E-state index in [0.29, 0.717) is 6.42 Å². The monoisotopic (exact) mass is 258 g/mol. The summed E-state index contributed by atoms with van der Waals surface area (Å²) in [6.45, 7) is 1.59. The Morgan fingerprint density at radius 1 is 1.16 bits per heavy atom. The smallest absolute Gasteiger partial charge is 0.245 e. The van der Waals surface area contributed by atoms with Crippen LogP contribution in [-0.2, 0) is 4.79 Å². The molecule has 1 unspecified atom stereocenters. The molecule has 0 aromatic heterocycles. The van der Waals surface area contributed by atoms with Crippen LogP contribution in [0.2, 0.25) is 0 Å². The van der Waals surface area contributed by atoms with Crippen molar-refractivity contribution < 1.29 is 9.59 Å². The van der Waals surface area contributed by atoms with Crippen molar-refractivity contribution in [3.05, 3.63) is 29.8 Å². The Hall–Kier alpha value is -1.84. The van der Waals surface area contributed by atoms with Gasteiger partial charge in [0, 0.05) is 37.8 Å². The number of carbonyl (C=O) groups is 2. The van der Waals surface area contributed by atoms with Crippen LogP contribution in [-0.4, -0.2) is 42.8 Å². The minimum absolute atomic E-state index is 0.1000. The molecule has 1 amide bonds. The normalized spacial score (nSPS) is 23.5. The maximum absolute atomic E-state index is 12.2. The maximum Gasteiger partial charge on any atom is 0.245 e. The number of hydrogen-bond acceptors (Lipinski definition) is 3. The lowest BCUT2D eigenvalue weighted by Crippen LogP contribution is -2.41. The molecule has 1 aromatic carbocycles. The van der Waals surface area contributed by atoms with E-state index >= 15 is 0 Å². The Labute approximate surface area is 113 Å². The second-order valence-electron chi connectivity index (χ2n) is 5.30. The van der Waals surface area contributed by atoms with E-state index in [4.69, 9.17) is 0 Å². The van der Waals surface area contributed by atoms with Gasteiger partial charge < -0.3 is 9.80 Å². The van der Waals surface area contributed by atoms with Crippen LogP contribution in [0.15, 0.2) is 24.3 Å². The quantitative estimate of drug-likeness (QED) is 0.770. The largest absolute Gasteiger partial charge is 0.359 e. The third-order valence-electron chi connectivity index (χ3n) is 4.09. The van der Waals surface area contributed by atoms with Crippen molar-refractivity contribution in [2.24, 2.45) is 0 Å². The number of amides is 1. The van der Waals surface area contributed by atoms with Crippen LogP contribution in [0.1, 0.15) is 29.6 Å². The van der Waals surface area contributed by atoms with E-state index in [-0.39, 0.29) is 17.7 Å². The third kappa shape index (κ3) is 2.01. The van der Waals surface area contributed by atoms with Crippen molar-refractivity contribution in [2.75, 3.05) is 25.0 Å². The Kier molecular flexibility index (Phi) is 3.01. The average molecular weight is 258 g/mol. The number of benzene rings is 1. The van der Waals surface area contributed by atoms with Gasteiger partial charge in [-0.25, -0.2) is 0 Å². The topological polar surface area (TPSA) is 40.6 Å². The van der Waals surface area contributed by atoms with E-state index in [1.165, 1.54) is 0 Å². The van der Waals surface area contributed by atoms with Gasteiger partial charge in [-0.15, -0.1) is 0 Å². The van der Waals surface area contributed by atoms with E-state index in [1.54, 1.807) is 4.90 Å². The third-order valence-corrected chi connectivity index (χ3v) is 4.09. The van der Waals surface area contributed by atoms with E-state index < -0.39 is 0 Å². The molecule has 3 rings (SSSR count). The molecule has 1 atom stereocenters. The van der Waals surface area contributed by atoms with Gasteiger partial charge in [-0.1, -0.05) is 12.1 Å². The molecule has 100 valence electrons. The zero-order valence-corrected chi connectivity index (χ0v) is 11.1. The lowest BCUT2D eigenvalue weighted by Gasteiger charge is -2.29. The molecule has 1 aromatic rings. The van der Waals surface area contributed by atoms with Gasteiger partial charge in [0.15, 0.2) is 5.78 Å². The van der Waals surface area contributed by atoms with Crippen LogP contribution in [0.25, 0.3) is 0 Å². The molecule has 0 saturated carbocycles. The van der Waals surface area contributed by atoms with Gasteiger partial charge >= 0.3 is 0 Å². The van der Waals surface area contributed by atoms with Gasteiger partial charge in [-0.2, -0.15) is 0 Å². The summed E-state index contributed by atoms with van der Waals surface area (Å²) in [7, 11) is 1.84. The first-order chi connectivity index (χ1) is 9.18. The minimum atomic E-state index is -0.1000. The lowest BCUT2D eigenvalue weighted by atomic mass is 10.1. The van der Waals surface area contributed by atoms with Crippen molar-refractivity contribution in [1.82, 2.24) is 4.90 Å². The molecule has 1 saturated heterocycles. The molecule has 19 heavy (non-hydrogen) atoms. The number of Topliss-reactive ketones (excluding diaryl/α,β-unsaturated/α-hetero) is 1. The number of para-hydroxylation sites is 1. The highest BCUT2D eigenvalue weighted by molar-refractivity contribution is 6.03. The van der Waals surface area contributed by atoms with Gasteiger partial charge in [0.05, 0.1) is 0 Å². The molecule has 0 aliphatic carbocycles. The maximum atomic E-state index is 12.2. The summed E-state index contributed by atoms with van der Waals surface area (Å²) < 4.78 is 0. The zero-order chi connectivity index (χ0) is 13.4. The number of fused-ring (bicyclic) bond motifs is 1. The van der Waals surface area contributed by atoms with Gasteiger partial charge in [-0.05, 0) is 25.0 Å². The van der Waals surface area contributed by atoms with E-state index in [0.717, 1.165) is 37.2 Å². The van der Waals surface area contributed by atoms with E-state index in [1.807, 2.05) is 31.3 Å². The Morgan fingerprint density at radius 2 is 1.95 bits per heavy atom. The molecule has 0 bridgehead atoms. The molecule has 1 fully saturated rings. The number of likely N-dealkylation sites (N-methyl/N-ethyl adjacent to an activating group) is 1. The van der Waals surface area contributed by atoms with Crippen molar-refractivity contribution >= 4 is 17.4 Å². The summed E-state index contributed by atoms with van der Waals surface area (Å²) >= 11 is 0. The highest BCUT2D eigenvalue weighted by Gasteiger charge is 2.36.